The van der Waals surface area contributed by atoms with E-state index in [9.17, 15) is 4.79 Å². The third kappa shape index (κ3) is 1.19. The van der Waals surface area contributed by atoms with E-state index in [-0.39, 0.29) is 5.92 Å². The van der Waals surface area contributed by atoms with Crippen molar-refractivity contribution in [2.24, 2.45) is 29.6 Å². The molecule has 4 rings (SSSR count). The highest BCUT2D eigenvalue weighted by Crippen LogP contribution is 2.55. The number of carboxylic acids is 1. The van der Waals surface area contributed by atoms with Gasteiger partial charge in [0.1, 0.15) is 0 Å². The van der Waals surface area contributed by atoms with E-state index in [0.717, 1.165) is 36.5 Å². The maximum absolute atomic E-state index is 11.0. The number of carboxylic acid groups (broad SMARTS) is 1. The fourth-order valence-electron chi connectivity index (χ4n) is 4.39. The summed E-state index contributed by atoms with van der Waals surface area (Å²) in [5, 5.41) is 9.06. The predicted molar refractivity (Wildman–Crippen MR) is 52.8 cm³/mol. The molecule has 78 valence electrons. The predicted octanol–water partition coefficient (Wildman–Crippen LogP) is 2.53. The topological polar surface area (TPSA) is 37.3 Å². The zero-order valence-corrected chi connectivity index (χ0v) is 8.48. The Morgan fingerprint density at radius 1 is 1.00 bits per heavy atom. The van der Waals surface area contributed by atoms with Crippen molar-refractivity contribution < 1.29 is 9.90 Å². The van der Waals surface area contributed by atoms with Gasteiger partial charge in [0.05, 0.1) is 5.92 Å². The lowest BCUT2D eigenvalue weighted by Gasteiger charge is -2.52. The summed E-state index contributed by atoms with van der Waals surface area (Å²) in [6.45, 7) is 0. The Balaban J connectivity index is 1.79. The molecule has 2 nitrogen and oxygen atoms in total. The summed E-state index contributed by atoms with van der Waals surface area (Å²) in [7, 11) is 0. The fraction of sp³-hybridized carbons (Fsp3) is 0.917. The third-order valence-electron chi connectivity index (χ3n) is 4.92. The Kier molecular flexibility index (Phi) is 1.86. The number of fused-ring (bicyclic) bond motifs is 1. The van der Waals surface area contributed by atoms with E-state index in [1.807, 2.05) is 0 Å². The molecule has 4 aliphatic carbocycles. The van der Waals surface area contributed by atoms with Crippen LogP contribution in [0.4, 0.5) is 0 Å². The van der Waals surface area contributed by atoms with Crippen LogP contribution in [0, 0.1) is 29.6 Å². The molecule has 1 N–H and O–H groups in total. The molecule has 4 aliphatic rings. The van der Waals surface area contributed by atoms with E-state index < -0.39 is 5.97 Å². The van der Waals surface area contributed by atoms with Crippen LogP contribution in [0.1, 0.15) is 38.5 Å². The van der Waals surface area contributed by atoms with Crippen molar-refractivity contribution in [3.05, 3.63) is 0 Å². The highest BCUT2D eigenvalue weighted by Gasteiger charge is 2.47. The summed E-state index contributed by atoms with van der Waals surface area (Å²) in [6.07, 6.45) is 7.46. The summed E-state index contributed by atoms with van der Waals surface area (Å²) < 4.78 is 0. The van der Waals surface area contributed by atoms with Crippen molar-refractivity contribution >= 4 is 5.97 Å². The van der Waals surface area contributed by atoms with Crippen LogP contribution in [0.5, 0.6) is 0 Å². The van der Waals surface area contributed by atoms with E-state index in [1.165, 1.54) is 25.7 Å². The lowest BCUT2D eigenvalue weighted by molar-refractivity contribution is -0.147. The van der Waals surface area contributed by atoms with Gasteiger partial charge in [-0.25, -0.2) is 0 Å². The van der Waals surface area contributed by atoms with E-state index in [0.29, 0.717) is 0 Å². The van der Waals surface area contributed by atoms with Gasteiger partial charge in [0.25, 0.3) is 0 Å². The average molecular weight is 194 g/mol. The van der Waals surface area contributed by atoms with Crippen LogP contribution in [0.25, 0.3) is 0 Å². The molecule has 0 amide bonds. The van der Waals surface area contributed by atoms with Crippen molar-refractivity contribution in [1.29, 1.82) is 0 Å². The second kappa shape index (κ2) is 2.98. The Hall–Kier alpha value is -0.530. The van der Waals surface area contributed by atoms with Gasteiger partial charge in [-0.15, -0.1) is 0 Å². The van der Waals surface area contributed by atoms with Crippen molar-refractivity contribution in [2.75, 3.05) is 0 Å². The zero-order valence-electron chi connectivity index (χ0n) is 8.48. The smallest absolute Gasteiger partial charge is 0.306 e. The van der Waals surface area contributed by atoms with Crippen LogP contribution in [0.2, 0.25) is 0 Å². The Bertz CT molecular complexity index is 245. The lowest BCUT2D eigenvalue weighted by atomic mass is 9.53. The van der Waals surface area contributed by atoms with E-state index in [2.05, 4.69) is 0 Å². The molecule has 0 spiro atoms. The van der Waals surface area contributed by atoms with E-state index >= 15 is 0 Å². The molecule has 0 heterocycles. The number of carbonyl (C=O) groups is 1. The molecule has 0 saturated heterocycles. The first kappa shape index (κ1) is 8.75. The van der Waals surface area contributed by atoms with Gasteiger partial charge in [-0.05, 0) is 55.8 Å². The van der Waals surface area contributed by atoms with E-state index in [1.54, 1.807) is 0 Å². The number of hydrogen-bond acceptors (Lipinski definition) is 1. The molecule has 0 radical (unpaired) electrons. The van der Waals surface area contributed by atoms with Crippen LogP contribution in [-0.2, 0) is 4.79 Å². The quantitative estimate of drug-likeness (QED) is 0.696. The van der Waals surface area contributed by atoms with Crippen LogP contribution in [0.3, 0.4) is 0 Å². The molecule has 2 heteroatoms. The number of aliphatic carboxylic acids is 1. The minimum atomic E-state index is -0.544. The molecular formula is C12H18O2. The van der Waals surface area contributed by atoms with Crippen molar-refractivity contribution in [3.63, 3.8) is 0 Å². The highest BCUT2D eigenvalue weighted by atomic mass is 16.4. The summed E-state index contributed by atoms with van der Waals surface area (Å²) in [5.41, 5.74) is 0. The molecule has 4 saturated carbocycles. The van der Waals surface area contributed by atoms with Crippen molar-refractivity contribution in [2.45, 2.75) is 38.5 Å². The number of hydrogen-bond donors (Lipinski definition) is 1. The van der Waals surface area contributed by atoms with Gasteiger partial charge in [-0.3, -0.25) is 4.79 Å². The molecule has 14 heavy (non-hydrogen) atoms. The van der Waals surface area contributed by atoms with Gasteiger partial charge in [-0.1, -0.05) is 6.42 Å². The molecule has 2 unspecified atom stereocenters. The molecule has 4 bridgehead atoms. The first-order valence-electron chi connectivity index (χ1n) is 5.97. The molecule has 0 aliphatic heterocycles. The van der Waals surface area contributed by atoms with Gasteiger partial charge in [-0.2, -0.15) is 0 Å². The van der Waals surface area contributed by atoms with Gasteiger partial charge >= 0.3 is 5.97 Å². The average Bonchev–Trinajstić information content (AvgIpc) is 2.17. The van der Waals surface area contributed by atoms with E-state index in [4.69, 9.17) is 5.11 Å². The minimum Gasteiger partial charge on any atom is -0.481 e. The highest BCUT2D eigenvalue weighted by molar-refractivity contribution is 5.70. The normalized spacial score (nSPS) is 50.4. The second-order valence-corrected chi connectivity index (χ2v) is 5.61. The fourth-order valence-corrected chi connectivity index (χ4v) is 4.39. The molecular weight excluding hydrogens is 176 g/mol. The Morgan fingerprint density at radius 2 is 1.64 bits per heavy atom. The molecule has 2 atom stereocenters. The van der Waals surface area contributed by atoms with Crippen LogP contribution in [-0.4, -0.2) is 11.1 Å². The Labute approximate surface area is 84.7 Å². The first-order valence-corrected chi connectivity index (χ1v) is 5.97. The minimum absolute atomic E-state index is 0.0136. The third-order valence-corrected chi connectivity index (χ3v) is 4.92. The maximum atomic E-state index is 11.0. The standard InChI is InChI=1S/C12H18O2/c13-12(14)10-5-8-3-7-1-2-11(8)9(4-7)6-10/h7-11H,1-6H2,(H,13,14). The van der Waals surface area contributed by atoms with Gasteiger partial charge in [0.15, 0.2) is 0 Å². The van der Waals surface area contributed by atoms with Crippen molar-refractivity contribution in [1.82, 2.24) is 0 Å². The zero-order chi connectivity index (χ0) is 9.71. The molecule has 0 aromatic rings. The lowest BCUT2D eigenvalue weighted by Crippen LogP contribution is -2.44. The summed E-state index contributed by atoms with van der Waals surface area (Å²) in [6, 6.07) is 0. The summed E-state index contributed by atoms with van der Waals surface area (Å²) in [4.78, 5) is 11.0. The largest absolute Gasteiger partial charge is 0.481 e. The molecule has 0 aromatic heterocycles. The first-order chi connectivity index (χ1) is 6.74. The van der Waals surface area contributed by atoms with Gasteiger partial charge < -0.3 is 5.11 Å². The Morgan fingerprint density at radius 3 is 2.14 bits per heavy atom. The molecule has 0 aromatic carbocycles. The monoisotopic (exact) mass is 194 g/mol. The van der Waals surface area contributed by atoms with Crippen molar-refractivity contribution in [3.8, 4) is 0 Å². The van der Waals surface area contributed by atoms with Gasteiger partial charge in [0.2, 0.25) is 0 Å². The summed E-state index contributed by atoms with van der Waals surface area (Å²) in [5.74, 6) is 2.82. The second-order valence-electron chi connectivity index (χ2n) is 5.61. The maximum Gasteiger partial charge on any atom is 0.306 e. The van der Waals surface area contributed by atoms with Crippen LogP contribution < -0.4 is 0 Å². The van der Waals surface area contributed by atoms with Crippen LogP contribution in [0.15, 0.2) is 0 Å². The SMILES string of the molecule is O=C(O)C1CC2CC3CCC2C(C3)C1. The number of rotatable bonds is 1. The van der Waals surface area contributed by atoms with Gasteiger partial charge in [0, 0.05) is 0 Å². The molecule has 4 fully saturated rings. The van der Waals surface area contributed by atoms with Crippen LogP contribution >= 0.6 is 0 Å². The summed E-state index contributed by atoms with van der Waals surface area (Å²) >= 11 is 0.